The molecule has 0 fully saturated rings. The maximum Gasteiger partial charge on any atom is 0.151 e. The maximum atomic E-state index is 10.5. The third-order valence-corrected chi connectivity index (χ3v) is 2.26. The zero-order valence-corrected chi connectivity index (χ0v) is 8.66. The summed E-state index contributed by atoms with van der Waals surface area (Å²) in [7, 11) is 0. The Bertz CT molecular complexity index is 316. The van der Waals surface area contributed by atoms with Crippen molar-refractivity contribution in [2.45, 2.75) is 32.3 Å². The van der Waals surface area contributed by atoms with Crippen molar-refractivity contribution >= 4 is 6.29 Å². The fraction of sp³-hybridized carbons (Fsp3) is 0.417. The van der Waals surface area contributed by atoms with Gasteiger partial charge in [-0.3, -0.25) is 0 Å². The largest absolute Gasteiger partial charge is 0.383 e. The van der Waals surface area contributed by atoms with E-state index in [9.17, 15) is 9.90 Å². The van der Waals surface area contributed by atoms with Crippen LogP contribution in [-0.4, -0.2) is 17.0 Å². The topological polar surface area (TPSA) is 37.3 Å². The predicted octanol–water partition coefficient (Wildman–Crippen LogP) is 1.88. The Hall–Kier alpha value is -1.15. The van der Waals surface area contributed by atoms with Gasteiger partial charge in [-0.1, -0.05) is 29.8 Å². The minimum atomic E-state index is -1.19. The average Bonchev–Trinajstić information content (AvgIpc) is 2.15. The molecule has 0 aromatic heterocycles. The first-order valence-corrected chi connectivity index (χ1v) is 4.78. The Morgan fingerprint density at radius 2 is 2.21 bits per heavy atom. The first kappa shape index (κ1) is 10.9. The molecule has 0 aliphatic carbocycles. The lowest BCUT2D eigenvalue weighted by Gasteiger charge is -2.15. The van der Waals surface area contributed by atoms with Crippen LogP contribution >= 0.6 is 0 Å². The van der Waals surface area contributed by atoms with Crippen LogP contribution in [0.2, 0.25) is 0 Å². The molecule has 1 atom stereocenters. The lowest BCUT2D eigenvalue weighted by Crippen LogP contribution is -2.26. The van der Waals surface area contributed by atoms with Crippen molar-refractivity contribution in [3.8, 4) is 0 Å². The molecule has 0 bridgehead atoms. The highest BCUT2D eigenvalue weighted by Gasteiger charge is 2.18. The number of aryl methyl sites for hydroxylation is 2. The van der Waals surface area contributed by atoms with Gasteiger partial charge in [-0.05, 0) is 32.3 Å². The van der Waals surface area contributed by atoms with Crippen molar-refractivity contribution in [3.05, 3.63) is 35.4 Å². The zero-order chi connectivity index (χ0) is 10.6. The van der Waals surface area contributed by atoms with Gasteiger partial charge in [0.2, 0.25) is 0 Å². The van der Waals surface area contributed by atoms with Gasteiger partial charge in [-0.25, -0.2) is 0 Å². The smallest absolute Gasteiger partial charge is 0.151 e. The summed E-state index contributed by atoms with van der Waals surface area (Å²) in [5, 5.41) is 9.49. The van der Waals surface area contributed by atoms with Gasteiger partial charge in [0.15, 0.2) is 6.29 Å². The van der Waals surface area contributed by atoms with E-state index in [-0.39, 0.29) is 0 Å². The molecular formula is C12H16O2. The van der Waals surface area contributed by atoms with Gasteiger partial charge < -0.3 is 9.90 Å². The molecule has 0 amide bonds. The second-order valence-electron chi connectivity index (χ2n) is 3.96. The van der Waals surface area contributed by atoms with Crippen LogP contribution in [0.3, 0.4) is 0 Å². The van der Waals surface area contributed by atoms with E-state index in [0.29, 0.717) is 12.7 Å². The van der Waals surface area contributed by atoms with E-state index in [4.69, 9.17) is 0 Å². The SMILES string of the molecule is Cc1cccc(CCC(C)(O)C=O)c1. The summed E-state index contributed by atoms with van der Waals surface area (Å²) >= 11 is 0. The van der Waals surface area contributed by atoms with Gasteiger partial charge in [0.05, 0.1) is 0 Å². The quantitative estimate of drug-likeness (QED) is 0.739. The maximum absolute atomic E-state index is 10.5. The number of rotatable bonds is 4. The molecule has 1 unspecified atom stereocenters. The van der Waals surface area contributed by atoms with Crippen LogP contribution in [0.25, 0.3) is 0 Å². The molecular weight excluding hydrogens is 176 g/mol. The Morgan fingerprint density at radius 3 is 2.79 bits per heavy atom. The van der Waals surface area contributed by atoms with E-state index in [1.807, 2.05) is 25.1 Å². The van der Waals surface area contributed by atoms with E-state index in [1.54, 1.807) is 0 Å². The molecule has 14 heavy (non-hydrogen) atoms. The van der Waals surface area contributed by atoms with Crippen molar-refractivity contribution < 1.29 is 9.90 Å². The zero-order valence-electron chi connectivity index (χ0n) is 8.66. The van der Waals surface area contributed by atoms with Gasteiger partial charge in [0.1, 0.15) is 5.60 Å². The van der Waals surface area contributed by atoms with Crippen LogP contribution in [0.15, 0.2) is 24.3 Å². The third kappa shape index (κ3) is 3.30. The van der Waals surface area contributed by atoms with E-state index in [0.717, 1.165) is 12.0 Å². The molecule has 0 spiro atoms. The number of aliphatic hydroxyl groups is 1. The van der Waals surface area contributed by atoms with Crippen molar-refractivity contribution in [3.63, 3.8) is 0 Å². The monoisotopic (exact) mass is 192 g/mol. The predicted molar refractivity (Wildman–Crippen MR) is 56.2 cm³/mol. The molecule has 1 N–H and O–H groups in total. The fourth-order valence-corrected chi connectivity index (χ4v) is 1.32. The Balaban J connectivity index is 2.58. The average molecular weight is 192 g/mol. The van der Waals surface area contributed by atoms with Crippen LogP contribution < -0.4 is 0 Å². The van der Waals surface area contributed by atoms with E-state index >= 15 is 0 Å². The molecule has 1 aromatic rings. The Labute approximate surface area is 84.6 Å². The molecule has 0 aliphatic rings. The second-order valence-corrected chi connectivity index (χ2v) is 3.96. The molecule has 0 heterocycles. The minimum Gasteiger partial charge on any atom is -0.383 e. The lowest BCUT2D eigenvalue weighted by molar-refractivity contribution is -0.122. The molecule has 0 radical (unpaired) electrons. The molecule has 2 heteroatoms. The summed E-state index contributed by atoms with van der Waals surface area (Å²) in [6, 6.07) is 8.09. The Kier molecular flexibility index (Phi) is 3.42. The summed E-state index contributed by atoms with van der Waals surface area (Å²) in [6.45, 7) is 3.57. The fourth-order valence-electron chi connectivity index (χ4n) is 1.32. The molecule has 76 valence electrons. The van der Waals surface area contributed by atoms with Crippen LogP contribution in [-0.2, 0) is 11.2 Å². The van der Waals surface area contributed by atoms with Crippen LogP contribution in [0.1, 0.15) is 24.5 Å². The third-order valence-electron chi connectivity index (χ3n) is 2.26. The van der Waals surface area contributed by atoms with Crippen molar-refractivity contribution in [1.82, 2.24) is 0 Å². The van der Waals surface area contributed by atoms with E-state index < -0.39 is 5.60 Å². The number of hydrogen-bond acceptors (Lipinski definition) is 2. The van der Waals surface area contributed by atoms with Crippen molar-refractivity contribution in [2.24, 2.45) is 0 Å². The molecule has 2 nitrogen and oxygen atoms in total. The summed E-state index contributed by atoms with van der Waals surface area (Å²) in [5.74, 6) is 0. The Morgan fingerprint density at radius 1 is 1.50 bits per heavy atom. The number of aldehydes is 1. The lowest BCUT2D eigenvalue weighted by atomic mass is 9.98. The first-order chi connectivity index (χ1) is 6.53. The number of hydrogen-bond donors (Lipinski definition) is 1. The summed E-state index contributed by atoms with van der Waals surface area (Å²) < 4.78 is 0. The van der Waals surface area contributed by atoms with E-state index in [1.165, 1.54) is 12.5 Å². The highest BCUT2D eigenvalue weighted by Crippen LogP contribution is 2.12. The summed E-state index contributed by atoms with van der Waals surface area (Å²) in [4.78, 5) is 10.5. The molecule has 1 rings (SSSR count). The van der Waals surface area contributed by atoms with Crippen LogP contribution in [0.5, 0.6) is 0 Å². The van der Waals surface area contributed by atoms with Gasteiger partial charge in [-0.15, -0.1) is 0 Å². The standard InChI is InChI=1S/C12H16O2/c1-10-4-3-5-11(8-10)6-7-12(2,14)9-13/h3-5,8-9,14H,6-7H2,1-2H3. The van der Waals surface area contributed by atoms with Crippen molar-refractivity contribution in [1.29, 1.82) is 0 Å². The molecule has 0 saturated heterocycles. The highest BCUT2D eigenvalue weighted by molar-refractivity contribution is 5.61. The number of carbonyl (C=O) groups excluding carboxylic acids is 1. The number of benzene rings is 1. The summed E-state index contributed by atoms with van der Waals surface area (Å²) in [5.41, 5.74) is 1.17. The summed E-state index contributed by atoms with van der Waals surface area (Å²) in [6.07, 6.45) is 1.80. The molecule has 1 aromatic carbocycles. The highest BCUT2D eigenvalue weighted by atomic mass is 16.3. The number of carbonyl (C=O) groups is 1. The second kappa shape index (κ2) is 4.38. The minimum absolute atomic E-state index is 0.472. The van der Waals surface area contributed by atoms with Crippen molar-refractivity contribution in [2.75, 3.05) is 0 Å². The molecule has 0 aliphatic heterocycles. The van der Waals surface area contributed by atoms with Gasteiger partial charge in [0.25, 0.3) is 0 Å². The van der Waals surface area contributed by atoms with Gasteiger partial charge >= 0.3 is 0 Å². The van der Waals surface area contributed by atoms with Gasteiger partial charge in [0, 0.05) is 0 Å². The van der Waals surface area contributed by atoms with E-state index in [2.05, 4.69) is 6.07 Å². The first-order valence-electron chi connectivity index (χ1n) is 4.78. The van der Waals surface area contributed by atoms with Crippen LogP contribution in [0, 0.1) is 6.92 Å². The normalized spacial score (nSPS) is 14.8. The van der Waals surface area contributed by atoms with Gasteiger partial charge in [-0.2, -0.15) is 0 Å². The van der Waals surface area contributed by atoms with Crippen LogP contribution in [0.4, 0.5) is 0 Å². The molecule has 0 saturated carbocycles.